The molecule has 1 aromatic heterocycles. The summed E-state index contributed by atoms with van der Waals surface area (Å²) in [5.41, 5.74) is 2.33. The van der Waals surface area contributed by atoms with Gasteiger partial charge in [-0.2, -0.15) is 0 Å². The molecule has 1 unspecified atom stereocenters. The first-order chi connectivity index (χ1) is 7.45. The highest BCUT2D eigenvalue weighted by Crippen LogP contribution is 2.30. The van der Waals surface area contributed by atoms with Crippen LogP contribution in [0.3, 0.4) is 0 Å². The zero-order chi connectivity index (χ0) is 10.1. The molecule has 0 amide bonds. The van der Waals surface area contributed by atoms with E-state index in [0.29, 0.717) is 12.5 Å². The van der Waals surface area contributed by atoms with Crippen LogP contribution in [-0.4, -0.2) is 24.9 Å². The number of fused-ring (bicyclic) bond motifs is 1. The molecule has 0 saturated carbocycles. The lowest BCUT2D eigenvalue weighted by Gasteiger charge is -2.22. The van der Waals surface area contributed by atoms with E-state index in [0.717, 1.165) is 37.6 Å². The van der Waals surface area contributed by atoms with E-state index in [1.54, 1.807) is 0 Å². The molecule has 0 radical (unpaired) electrons. The summed E-state index contributed by atoms with van der Waals surface area (Å²) in [4.78, 5) is 0. The van der Waals surface area contributed by atoms with Crippen LogP contribution < -0.4 is 5.32 Å². The molecule has 4 heteroatoms. The van der Waals surface area contributed by atoms with Gasteiger partial charge in [0.25, 0.3) is 0 Å². The van der Waals surface area contributed by atoms with Crippen LogP contribution in [0.1, 0.15) is 35.8 Å². The Morgan fingerprint density at radius 3 is 3.27 bits per heavy atom. The Hall–Kier alpha value is -0.870. The molecule has 4 nitrogen and oxygen atoms in total. The summed E-state index contributed by atoms with van der Waals surface area (Å²) in [6.07, 6.45) is 3.33. The van der Waals surface area contributed by atoms with Crippen molar-refractivity contribution in [2.75, 3.05) is 19.7 Å². The van der Waals surface area contributed by atoms with Crippen LogP contribution >= 0.6 is 0 Å². The smallest absolute Gasteiger partial charge is 0.146 e. The van der Waals surface area contributed by atoms with Crippen molar-refractivity contribution in [2.24, 2.45) is 0 Å². The van der Waals surface area contributed by atoms with Crippen molar-refractivity contribution >= 4 is 0 Å². The Labute approximate surface area is 89.0 Å². The minimum absolute atomic E-state index is 0.497. The summed E-state index contributed by atoms with van der Waals surface area (Å²) in [6, 6.07) is 0. The second kappa shape index (κ2) is 3.94. The second-order valence-corrected chi connectivity index (χ2v) is 4.32. The zero-order valence-electron chi connectivity index (χ0n) is 8.79. The molecule has 0 spiro atoms. The molecule has 1 fully saturated rings. The molecule has 82 valence electrons. The fourth-order valence-electron chi connectivity index (χ4n) is 2.45. The third-order valence-electron chi connectivity index (χ3n) is 3.30. The van der Waals surface area contributed by atoms with Crippen LogP contribution in [0.2, 0.25) is 0 Å². The average Bonchev–Trinajstić information content (AvgIpc) is 2.74. The van der Waals surface area contributed by atoms with E-state index in [4.69, 9.17) is 9.26 Å². The molecule has 1 N–H and O–H groups in total. The molecule has 15 heavy (non-hydrogen) atoms. The van der Waals surface area contributed by atoms with Gasteiger partial charge in [-0.25, -0.2) is 0 Å². The van der Waals surface area contributed by atoms with Gasteiger partial charge in [0.1, 0.15) is 5.76 Å². The molecular formula is C11H16N2O2. The number of nitrogens with one attached hydrogen (secondary N) is 1. The lowest BCUT2D eigenvalue weighted by atomic mass is 9.93. The number of ether oxygens (including phenoxy) is 1. The lowest BCUT2D eigenvalue weighted by Crippen LogP contribution is -2.28. The Morgan fingerprint density at radius 1 is 1.40 bits per heavy atom. The third-order valence-corrected chi connectivity index (χ3v) is 3.30. The van der Waals surface area contributed by atoms with Gasteiger partial charge in [-0.3, -0.25) is 0 Å². The highest BCUT2D eigenvalue weighted by atomic mass is 16.5. The van der Waals surface area contributed by atoms with Gasteiger partial charge < -0.3 is 14.6 Å². The number of rotatable bonds is 1. The highest BCUT2D eigenvalue weighted by molar-refractivity contribution is 5.27. The quantitative estimate of drug-likeness (QED) is 0.753. The zero-order valence-corrected chi connectivity index (χ0v) is 8.79. The van der Waals surface area contributed by atoms with E-state index in [2.05, 4.69) is 10.5 Å². The molecule has 1 atom stereocenters. The number of hydrogen-bond acceptors (Lipinski definition) is 4. The Kier molecular flexibility index (Phi) is 2.46. The SMILES string of the molecule is C1CNCC(c2onc3c2COCC3)C1. The molecule has 1 saturated heterocycles. The highest BCUT2D eigenvalue weighted by Gasteiger charge is 2.26. The maximum absolute atomic E-state index is 5.49. The van der Waals surface area contributed by atoms with E-state index in [1.165, 1.54) is 18.4 Å². The van der Waals surface area contributed by atoms with Crippen molar-refractivity contribution in [3.8, 4) is 0 Å². The topological polar surface area (TPSA) is 47.3 Å². The van der Waals surface area contributed by atoms with Crippen molar-refractivity contribution in [2.45, 2.75) is 31.8 Å². The van der Waals surface area contributed by atoms with E-state index in [-0.39, 0.29) is 0 Å². The van der Waals surface area contributed by atoms with Gasteiger partial charge in [-0.05, 0) is 19.4 Å². The first kappa shape index (κ1) is 9.36. The first-order valence-corrected chi connectivity index (χ1v) is 5.71. The van der Waals surface area contributed by atoms with Crippen LogP contribution in [-0.2, 0) is 17.8 Å². The predicted molar refractivity (Wildman–Crippen MR) is 54.7 cm³/mol. The maximum atomic E-state index is 5.49. The van der Waals surface area contributed by atoms with Crippen LogP contribution in [0, 0.1) is 0 Å². The number of aromatic nitrogens is 1. The fraction of sp³-hybridized carbons (Fsp3) is 0.727. The van der Waals surface area contributed by atoms with Gasteiger partial charge in [-0.15, -0.1) is 0 Å². The van der Waals surface area contributed by atoms with Crippen molar-refractivity contribution in [1.82, 2.24) is 10.5 Å². The average molecular weight is 208 g/mol. The predicted octanol–water partition coefficient (Wildman–Crippen LogP) is 1.21. The number of piperidine rings is 1. The van der Waals surface area contributed by atoms with E-state index >= 15 is 0 Å². The maximum Gasteiger partial charge on any atom is 0.146 e. The summed E-state index contributed by atoms with van der Waals surface area (Å²) >= 11 is 0. The first-order valence-electron chi connectivity index (χ1n) is 5.71. The Balaban J connectivity index is 1.87. The van der Waals surface area contributed by atoms with Crippen LogP contribution in [0.25, 0.3) is 0 Å². The standard InChI is InChI=1S/C11H16N2O2/c1-2-8(6-12-4-1)11-9-7-14-5-3-10(9)13-15-11/h8,12H,1-7H2. The molecule has 2 aliphatic heterocycles. The minimum atomic E-state index is 0.497. The molecular weight excluding hydrogens is 192 g/mol. The van der Waals surface area contributed by atoms with Gasteiger partial charge in [0.05, 0.1) is 18.9 Å². The molecule has 0 bridgehead atoms. The summed E-state index contributed by atoms with van der Waals surface area (Å²) in [5.74, 6) is 1.56. The number of hydrogen-bond donors (Lipinski definition) is 1. The van der Waals surface area contributed by atoms with Gasteiger partial charge in [-0.1, -0.05) is 5.16 Å². The van der Waals surface area contributed by atoms with E-state index in [9.17, 15) is 0 Å². The summed E-state index contributed by atoms with van der Waals surface area (Å²) in [5, 5.41) is 7.55. The van der Waals surface area contributed by atoms with E-state index in [1.807, 2.05) is 0 Å². The normalized spacial score (nSPS) is 26.3. The van der Waals surface area contributed by atoms with Crippen LogP contribution in [0.4, 0.5) is 0 Å². The summed E-state index contributed by atoms with van der Waals surface area (Å²) in [6.45, 7) is 3.61. The number of nitrogens with zero attached hydrogens (tertiary/aromatic N) is 1. The molecule has 3 heterocycles. The molecule has 2 aliphatic rings. The van der Waals surface area contributed by atoms with Crippen molar-refractivity contribution < 1.29 is 9.26 Å². The van der Waals surface area contributed by atoms with E-state index < -0.39 is 0 Å². The van der Waals surface area contributed by atoms with Crippen molar-refractivity contribution in [3.05, 3.63) is 17.0 Å². The molecule has 1 aromatic rings. The van der Waals surface area contributed by atoms with Gasteiger partial charge in [0, 0.05) is 24.4 Å². The Bertz CT molecular complexity index is 342. The van der Waals surface area contributed by atoms with Gasteiger partial charge >= 0.3 is 0 Å². The van der Waals surface area contributed by atoms with Gasteiger partial charge in [0.15, 0.2) is 0 Å². The second-order valence-electron chi connectivity index (χ2n) is 4.32. The van der Waals surface area contributed by atoms with Gasteiger partial charge in [0.2, 0.25) is 0 Å². The third kappa shape index (κ3) is 1.68. The molecule has 3 rings (SSSR count). The largest absolute Gasteiger partial charge is 0.376 e. The van der Waals surface area contributed by atoms with Crippen molar-refractivity contribution in [3.63, 3.8) is 0 Å². The molecule has 0 aliphatic carbocycles. The summed E-state index contributed by atoms with van der Waals surface area (Å²) in [7, 11) is 0. The fourth-order valence-corrected chi connectivity index (χ4v) is 2.45. The Morgan fingerprint density at radius 2 is 2.40 bits per heavy atom. The molecule has 0 aromatic carbocycles. The van der Waals surface area contributed by atoms with Crippen LogP contribution in [0.15, 0.2) is 4.52 Å². The minimum Gasteiger partial charge on any atom is -0.376 e. The monoisotopic (exact) mass is 208 g/mol. The lowest BCUT2D eigenvalue weighted by molar-refractivity contribution is 0.109. The summed E-state index contributed by atoms with van der Waals surface area (Å²) < 4.78 is 11.0. The van der Waals surface area contributed by atoms with Crippen LogP contribution in [0.5, 0.6) is 0 Å². The van der Waals surface area contributed by atoms with Crippen molar-refractivity contribution in [1.29, 1.82) is 0 Å².